The Bertz CT molecular complexity index is 323. The van der Waals surface area contributed by atoms with Crippen LogP contribution in [0.15, 0.2) is 12.3 Å². The first-order valence-electron chi connectivity index (χ1n) is 6.09. The average molecular weight is 255 g/mol. The molecule has 0 saturated carbocycles. The summed E-state index contributed by atoms with van der Waals surface area (Å²) in [6, 6.07) is 2.57. The zero-order chi connectivity index (χ0) is 11.9. The number of aromatic nitrogens is 2. The molecule has 1 fully saturated rings. The predicted molar refractivity (Wildman–Crippen MR) is 73.9 cm³/mol. The quantitative estimate of drug-likeness (QED) is 0.587. The molecule has 96 valence electrons. The molecule has 1 aliphatic rings. The van der Waals surface area contributed by atoms with Crippen molar-refractivity contribution in [2.45, 2.75) is 6.04 Å². The van der Waals surface area contributed by atoms with Crippen LogP contribution in [0.2, 0.25) is 0 Å². The van der Waals surface area contributed by atoms with Crippen LogP contribution in [0.25, 0.3) is 0 Å². The van der Waals surface area contributed by atoms with Crippen molar-refractivity contribution in [3.63, 3.8) is 0 Å². The first-order chi connectivity index (χ1) is 8.42. The minimum Gasteiger partial charge on any atom is -0.369 e. The molecule has 0 aliphatic carbocycles. The monoisotopic (exact) mass is 255 g/mol. The largest absolute Gasteiger partial charge is 0.369 e. The summed E-state index contributed by atoms with van der Waals surface area (Å²) >= 11 is 1.87. The topological polar surface area (TPSA) is 53.9 Å². The molecule has 17 heavy (non-hydrogen) atoms. The maximum atomic E-state index is 4.36. The zero-order valence-corrected chi connectivity index (χ0v) is 11.1. The number of nitrogens with zero attached hydrogens (tertiary/aromatic N) is 2. The van der Waals surface area contributed by atoms with Crippen LogP contribution in [0.1, 0.15) is 6.04 Å². The summed E-state index contributed by atoms with van der Waals surface area (Å²) in [6.07, 6.45) is 3.99. The lowest BCUT2D eigenvalue weighted by Crippen LogP contribution is -2.44. The van der Waals surface area contributed by atoms with Gasteiger partial charge < -0.3 is 16.0 Å². The van der Waals surface area contributed by atoms with Crippen molar-refractivity contribution in [2.24, 2.45) is 0 Å². The van der Waals surface area contributed by atoms with Gasteiger partial charge in [0.2, 0.25) is 0 Å². The molecule has 0 spiro atoms. The number of thioether (sulfide) groups is 1. The molecule has 3 N–H and O–H groups in total. The molecule has 1 aromatic rings. The molecule has 1 aliphatic heterocycles. The van der Waals surface area contributed by atoms with Crippen molar-refractivity contribution in [1.82, 2.24) is 20.4 Å². The van der Waals surface area contributed by atoms with Crippen molar-refractivity contribution in [3.8, 4) is 0 Å². The van der Waals surface area contributed by atoms with E-state index in [2.05, 4.69) is 32.0 Å². The number of nitrogens with one attached hydrogen (secondary N) is 3. The van der Waals surface area contributed by atoms with E-state index < -0.39 is 0 Å². The van der Waals surface area contributed by atoms with Gasteiger partial charge in [0, 0.05) is 44.5 Å². The van der Waals surface area contributed by atoms with Crippen molar-refractivity contribution in [3.05, 3.63) is 12.3 Å². The molecule has 1 aromatic heterocycles. The molecule has 6 heteroatoms. The van der Waals surface area contributed by atoms with Gasteiger partial charge in [-0.15, -0.1) is 0 Å². The lowest BCUT2D eigenvalue weighted by Gasteiger charge is -2.28. The summed E-state index contributed by atoms with van der Waals surface area (Å²) in [4.78, 5) is 0. The molecule has 0 radical (unpaired) electrons. The first kappa shape index (κ1) is 12.7. The summed E-state index contributed by atoms with van der Waals surface area (Å²) in [7, 11) is 0. The van der Waals surface area contributed by atoms with E-state index in [1.54, 1.807) is 0 Å². The van der Waals surface area contributed by atoms with Gasteiger partial charge in [-0.25, -0.2) is 4.68 Å². The molecule has 0 amide bonds. The number of hydrogen-bond donors (Lipinski definition) is 3. The number of rotatable bonds is 8. The Labute approximate surface area is 107 Å². The van der Waals surface area contributed by atoms with Crippen LogP contribution < -0.4 is 16.0 Å². The van der Waals surface area contributed by atoms with Gasteiger partial charge in [0.25, 0.3) is 0 Å². The summed E-state index contributed by atoms with van der Waals surface area (Å²) in [6.45, 7) is 5.08. The molecule has 0 unspecified atom stereocenters. The maximum Gasteiger partial charge on any atom is 0.124 e. The molecular weight excluding hydrogens is 234 g/mol. The number of anilines is 1. The second kappa shape index (κ2) is 6.88. The van der Waals surface area contributed by atoms with E-state index in [1.807, 2.05) is 24.0 Å². The van der Waals surface area contributed by atoms with Gasteiger partial charge in [0.15, 0.2) is 0 Å². The maximum absolute atomic E-state index is 4.36. The predicted octanol–water partition coefficient (Wildman–Crippen LogP) is 0.392. The van der Waals surface area contributed by atoms with Gasteiger partial charge in [0.05, 0.1) is 12.2 Å². The van der Waals surface area contributed by atoms with Crippen molar-refractivity contribution >= 4 is 17.6 Å². The van der Waals surface area contributed by atoms with E-state index in [1.165, 1.54) is 5.75 Å². The van der Waals surface area contributed by atoms with Gasteiger partial charge in [0.1, 0.15) is 5.82 Å². The van der Waals surface area contributed by atoms with Crippen LogP contribution in [-0.4, -0.2) is 54.5 Å². The van der Waals surface area contributed by atoms with Gasteiger partial charge in [-0.05, 0) is 6.26 Å². The smallest absolute Gasteiger partial charge is 0.124 e. The first-order valence-corrected chi connectivity index (χ1v) is 7.49. The number of hydrogen-bond acceptors (Lipinski definition) is 5. The highest BCUT2D eigenvalue weighted by Gasteiger charge is 2.21. The normalized spacial score (nSPS) is 15.8. The van der Waals surface area contributed by atoms with E-state index in [-0.39, 0.29) is 0 Å². The van der Waals surface area contributed by atoms with Gasteiger partial charge in [-0.1, -0.05) is 0 Å². The summed E-state index contributed by atoms with van der Waals surface area (Å²) in [5.41, 5.74) is 0. The van der Waals surface area contributed by atoms with Crippen molar-refractivity contribution in [1.29, 1.82) is 0 Å². The van der Waals surface area contributed by atoms with Gasteiger partial charge >= 0.3 is 0 Å². The van der Waals surface area contributed by atoms with E-state index in [4.69, 9.17) is 0 Å². The summed E-state index contributed by atoms with van der Waals surface area (Å²) in [5, 5.41) is 14.4. The SMILES string of the molecule is CSCCNCCNc1ccnn1C1CNC1. The van der Waals surface area contributed by atoms with E-state index in [9.17, 15) is 0 Å². The zero-order valence-electron chi connectivity index (χ0n) is 10.3. The molecule has 2 heterocycles. The summed E-state index contributed by atoms with van der Waals surface area (Å²) in [5.74, 6) is 2.30. The highest BCUT2D eigenvalue weighted by atomic mass is 32.2. The molecule has 2 rings (SSSR count). The highest BCUT2D eigenvalue weighted by molar-refractivity contribution is 7.98. The van der Waals surface area contributed by atoms with Crippen molar-refractivity contribution in [2.75, 3.05) is 50.0 Å². The Kier molecular flexibility index (Phi) is 5.15. The molecule has 0 bridgehead atoms. The second-order valence-corrected chi connectivity index (χ2v) is 5.13. The molecule has 0 atom stereocenters. The van der Waals surface area contributed by atoms with Crippen LogP contribution in [0.4, 0.5) is 5.82 Å². The van der Waals surface area contributed by atoms with Crippen LogP contribution in [0, 0.1) is 0 Å². The lowest BCUT2D eigenvalue weighted by molar-refractivity contribution is 0.321. The van der Waals surface area contributed by atoms with Crippen LogP contribution in [0.3, 0.4) is 0 Å². The average Bonchev–Trinajstić information content (AvgIpc) is 2.69. The lowest BCUT2D eigenvalue weighted by atomic mass is 10.2. The standard InChI is InChI=1S/C11H21N5S/c1-17-7-6-12-4-5-14-11-2-3-15-16(11)10-8-13-9-10/h2-3,10,12-14H,4-9H2,1H3. The Morgan fingerprint density at radius 2 is 2.35 bits per heavy atom. The Balaban J connectivity index is 1.66. The third-order valence-electron chi connectivity index (χ3n) is 2.87. The molecule has 5 nitrogen and oxygen atoms in total. The van der Waals surface area contributed by atoms with Gasteiger partial charge in [-0.2, -0.15) is 16.9 Å². The summed E-state index contributed by atoms with van der Waals surface area (Å²) < 4.78 is 2.08. The Hall–Kier alpha value is -0.720. The Morgan fingerprint density at radius 3 is 3.06 bits per heavy atom. The highest BCUT2D eigenvalue weighted by Crippen LogP contribution is 2.16. The third kappa shape index (κ3) is 3.62. The fourth-order valence-corrected chi connectivity index (χ4v) is 2.12. The molecule has 0 aromatic carbocycles. The van der Waals surface area contributed by atoms with E-state index in [0.717, 1.165) is 38.5 Å². The van der Waals surface area contributed by atoms with E-state index >= 15 is 0 Å². The fourth-order valence-electron chi connectivity index (χ4n) is 1.77. The Morgan fingerprint density at radius 1 is 1.47 bits per heavy atom. The van der Waals surface area contributed by atoms with Gasteiger partial charge in [-0.3, -0.25) is 0 Å². The fraction of sp³-hybridized carbons (Fsp3) is 0.727. The minimum absolute atomic E-state index is 0.525. The van der Waals surface area contributed by atoms with Crippen LogP contribution in [-0.2, 0) is 0 Å². The minimum atomic E-state index is 0.525. The van der Waals surface area contributed by atoms with E-state index in [0.29, 0.717) is 6.04 Å². The molecule has 1 saturated heterocycles. The second-order valence-electron chi connectivity index (χ2n) is 4.14. The van der Waals surface area contributed by atoms with Crippen LogP contribution in [0.5, 0.6) is 0 Å². The van der Waals surface area contributed by atoms with Crippen LogP contribution >= 0.6 is 11.8 Å². The molecular formula is C11H21N5S. The third-order valence-corrected chi connectivity index (χ3v) is 3.48. The van der Waals surface area contributed by atoms with Crippen molar-refractivity contribution < 1.29 is 0 Å².